The maximum Gasteiger partial charge on any atom is 0.251 e. The highest BCUT2D eigenvalue weighted by Crippen LogP contribution is 2.19. The fraction of sp³-hybridized carbons (Fsp3) is 0.250. The van der Waals surface area contributed by atoms with Crippen molar-refractivity contribution in [1.29, 1.82) is 0 Å². The Morgan fingerprint density at radius 3 is 2.16 bits per heavy atom. The van der Waals surface area contributed by atoms with E-state index in [1.165, 1.54) is 0 Å². The lowest BCUT2D eigenvalue weighted by Gasteiger charge is -2.07. The van der Waals surface area contributed by atoms with Gasteiger partial charge in [0.2, 0.25) is 5.91 Å². The highest BCUT2D eigenvalue weighted by atomic mass is 16.2. The molecule has 0 heterocycles. The summed E-state index contributed by atoms with van der Waals surface area (Å²) in [7, 11) is 0. The standard InChI is InChI=1S/C20H20N2O3/c23-18(14-4-2-1-3-5-14)12-13-19(24)21-16-8-6-15(7-9-16)20(25)22-17-10-11-17/h1-9,17H,10-13H2,(H,21,24)(H,22,25). The van der Waals surface area contributed by atoms with Gasteiger partial charge in [0, 0.05) is 35.7 Å². The van der Waals surface area contributed by atoms with Gasteiger partial charge in [-0.2, -0.15) is 0 Å². The van der Waals surface area contributed by atoms with Crippen molar-refractivity contribution >= 4 is 23.3 Å². The molecule has 5 nitrogen and oxygen atoms in total. The zero-order chi connectivity index (χ0) is 17.6. The zero-order valence-electron chi connectivity index (χ0n) is 13.8. The summed E-state index contributed by atoms with van der Waals surface area (Å²) in [5.74, 6) is -0.365. The highest BCUT2D eigenvalue weighted by Gasteiger charge is 2.23. The van der Waals surface area contributed by atoms with Crippen molar-refractivity contribution in [3.8, 4) is 0 Å². The summed E-state index contributed by atoms with van der Waals surface area (Å²) in [6.07, 6.45) is 2.37. The molecule has 2 aromatic carbocycles. The molecule has 1 saturated carbocycles. The van der Waals surface area contributed by atoms with Crippen molar-refractivity contribution in [3.05, 3.63) is 65.7 Å². The van der Waals surface area contributed by atoms with Crippen molar-refractivity contribution in [1.82, 2.24) is 5.32 Å². The molecule has 2 N–H and O–H groups in total. The molecular formula is C20H20N2O3. The second-order valence-electron chi connectivity index (χ2n) is 6.16. The Morgan fingerprint density at radius 1 is 0.840 bits per heavy atom. The lowest BCUT2D eigenvalue weighted by molar-refractivity contribution is -0.116. The van der Waals surface area contributed by atoms with Crippen LogP contribution in [0.3, 0.4) is 0 Å². The van der Waals surface area contributed by atoms with Crippen LogP contribution in [0.15, 0.2) is 54.6 Å². The molecule has 2 aromatic rings. The van der Waals surface area contributed by atoms with Gasteiger partial charge in [0.25, 0.3) is 5.91 Å². The van der Waals surface area contributed by atoms with Crippen LogP contribution in [0.5, 0.6) is 0 Å². The van der Waals surface area contributed by atoms with Gasteiger partial charge in [-0.15, -0.1) is 0 Å². The third kappa shape index (κ3) is 5.01. The zero-order valence-corrected chi connectivity index (χ0v) is 13.8. The minimum Gasteiger partial charge on any atom is -0.349 e. The molecule has 1 fully saturated rings. The van der Waals surface area contributed by atoms with Gasteiger partial charge in [0.05, 0.1) is 0 Å². The predicted molar refractivity (Wildman–Crippen MR) is 95.6 cm³/mol. The fourth-order valence-electron chi connectivity index (χ4n) is 2.42. The van der Waals surface area contributed by atoms with Crippen molar-refractivity contribution in [3.63, 3.8) is 0 Å². The van der Waals surface area contributed by atoms with E-state index in [-0.39, 0.29) is 30.4 Å². The molecule has 0 saturated heterocycles. The molecule has 25 heavy (non-hydrogen) atoms. The average molecular weight is 336 g/mol. The number of rotatable bonds is 7. The third-order valence-corrected chi connectivity index (χ3v) is 4.02. The van der Waals surface area contributed by atoms with Crippen molar-refractivity contribution < 1.29 is 14.4 Å². The molecule has 5 heteroatoms. The summed E-state index contributed by atoms with van der Waals surface area (Å²) in [4.78, 5) is 35.9. The second kappa shape index (κ2) is 7.75. The Hall–Kier alpha value is -2.95. The van der Waals surface area contributed by atoms with E-state index in [2.05, 4.69) is 10.6 Å². The van der Waals surface area contributed by atoms with E-state index >= 15 is 0 Å². The minimum atomic E-state index is -0.223. The molecule has 0 spiro atoms. The lowest BCUT2D eigenvalue weighted by atomic mass is 10.1. The molecule has 2 amide bonds. The molecule has 0 aliphatic heterocycles. The Morgan fingerprint density at radius 2 is 1.52 bits per heavy atom. The molecule has 3 rings (SSSR count). The predicted octanol–water partition coefficient (Wildman–Crippen LogP) is 3.18. The lowest BCUT2D eigenvalue weighted by Crippen LogP contribution is -2.25. The van der Waals surface area contributed by atoms with E-state index in [4.69, 9.17) is 0 Å². The molecule has 0 unspecified atom stereocenters. The van der Waals surface area contributed by atoms with Crippen LogP contribution < -0.4 is 10.6 Å². The summed E-state index contributed by atoms with van der Waals surface area (Å²) < 4.78 is 0. The Bertz CT molecular complexity index is 765. The average Bonchev–Trinajstić information content (AvgIpc) is 3.45. The normalized spacial score (nSPS) is 13.1. The Balaban J connectivity index is 1.47. The summed E-state index contributed by atoms with van der Waals surface area (Å²) in [5.41, 5.74) is 1.80. The first-order chi connectivity index (χ1) is 12.1. The number of Topliss-reactive ketones (excluding diaryl/α,β-unsaturated/α-hetero) is 1. The first-order valence-corrected chi connectivity index (χ1v) is 8.41. The van der Waals surface area contributed by atoms with E-state index in [0.717, 1.165) is 12.8 Å². The fourth-order valence-corrected chi connectivity index (χ4v) is 2.42. The van der Waals surface area contributed by atoms with Gasteiger partial charge >= 0.3 is 0 Å². The molecule has 1 aliphatic carbocycles. The molecule has 0 atom stereocenters. The van der Waals surface area contributed by atoms with Crippen LogP contribution in [0.4, 0.5) is 5.69 Å². The number of benzene rings is 2. The van der Waals surface area contributed by atoms with Crippen molar-refractivity contribution in [2.24, 2.45) is 0 Å². The van der Waals surface area contributed by atoms with Gasteiger partial charge in [0.15, 0.2) is 5.78 Å². The molecule has 0 bridgehead atoms. The molecule has 0 radical (unpaired) electrons. The number of nitrogens with one attached hydrogen (secondary N) is 2. The summed E-state index contributed by atoms with van der Waals surface area (Å²) in [6, 6.07) is 16.0. The molecule has 1 aliphatic rings. The third-order valence-electron chi connectivity index (χ3n) is 4.02. The summed E-state index contributed by atoms with van der Waals surface area (Å²) in [6.45, 7) is 0. The number of ketones is 1. The van der Waals surface area contributed by atoms with Gasteiger partial charge in [0.1, 0.15) is 0 Å². The van der Waals surface area contributed by atoms with Crippen LogP contribution >= 0.6 is 0 Å². The van der Waals surface area contributed by atoms with Crippen LogP contribution in [0.1, 0.15) is 46.4 Å². The topological polar surface area (TPSA) is 75.3 Å². The maximum absolute atomic E-state index is 12.0. The van der Waals surface area contributed by atoms with E-state index in [0.29, 0.717) is 22.9 Å². The minimum absolute atomic E-state index is 0.0529. The van der Waals surface area contributed by atoms with E-state index < -0.39 is 0 Å². The number of hydrogen-bond acceptors (Lipinski definition) is 3. The molecule has 0 aromatic heterocycles. The smallest absolute Gasteiger partial charge is 0.251 e. The van der Waals surface area contributed by atoms with Gasteiger partial charge in [-0.1, -0.05) is 30.3 Å². The van der Waals surface area contributed by atoms with Crippen molar-refractivity contribution in [2.45, 2.75) is 31.7 Å². The van der Waals surface area contributed by atoms with Crippen LogP contribution in [0.25, 0.3) is 0 Å². The quantitative estimate of drug-likeness (QED) is 0.763. The van der Waals surface area contributed by atoms with Crippen molar-refractivity contribution in [2.75, 3.05) is 5.32 Å². The Labute approximate surface area is 146 Å². The molecule has 128 valence electrons. The highest BCUT2D eigenvalue weighted by molar-refractivity contribution is 6.00. The monoisotopic (exact) mass is 336 g/mol. The number of amides is 2. The first-order valence-electron chi connectivity index (χ1n) is 8.41. The van der Waals surface area contributed by atoms with Gasteiger partial charge in [-0.3, -0.25) is 14.4 Å². The van der Waals surface area contributed by atoms with Gasteiger partial charge in [-0.25, -0.2) is 0 Å². The number of carbonyl (C=O) groups is 3. The first kappa shape index (κ1) is 16.9. The Kier molecular flexibility index (Phi) is 5.23. The van der Waals surface area contributed by atoms with E-state index in [1.54, 1.807) is 48.5 Å². The maximum atomic E-state index is 12.0. The molecular weight excluding hydrogens is 316 g/mol. The summed E-state index contributed by atoms with van der Waals surface area (Å²) in [5, 5.41) is 5.66. The summed E-state index contributed by atoms with van der Waals surface area (Å²) >= 11 is 0. The van der Waals surface area contributed by atoms with Crippen LogP contribution in [0.2, 0.25) is 0 Å². The van der Waals surface area contributed by atoms with E-state index in [1.807, 2.05) is 6.07 Å². The number of anilines is 1. The van der Waals surface area contributed by atoms with Crippen LogP contribution in [-0.4, -0.2) is 23.6 Å². The number of carbonyl (C=O) groups excluding carboxylic acids is 3. The van der Waals surface area contributed by atoms with Crippen LogP contribution in [0, 0.1) is 0 Å². The van der Waals surface area contributed by atoms with Gasteiger partial charge < -0.3 is 10.6 Å². The SMILES string of the molecule is O=C(CCC(=O)c1ccccc1)Nc1ccc(C(=O)NC2CC2)cc1. The van der Waals surface area contributed by atoms with Gasteiger partial charge in [-0.05, 0) is 37.1 Å². The number of hydrogen-bond donors (Lipinski definition) is 2. The van der Waals surface area contributed by atoms with Crippen LogP contribution in [-0.2, 0) is 4.79 Å². The largest absolute Gasteiger partial charge is 0.349 e. The van der Waals surface area contributed by atoms with E-state index in [9.17, 15) is 14.4 Å². The second-order valence-corrected chi connectivity index (χ2v) is 6.16.